The van der Waals surface area contributed by atoms with Gasteiger partial charge in [-0.1, -0.05) is 6.92 Å². The van der Waals surface area contributed by atoms with Crippen molar-refractivity contribution in [1.82, 2.24) is 0 Å². The molecule has 1 fully saturated rings. The van der Waals surface area contributed by atoms with Crippen molar-refractivity contribution in [3.63, 3.8) is 0 Å². The lowest BCUT2D eigenvalue weighted by Gasteiger charge is -2.14. The Morgan fingerprint density at radius 1 is 1.29 bits per heavy atom. The molecule has 1 saturated heterocycles. The Labute approximate surface area is 100 Å². The molecule has 0 saturated carbocycles. The van der Waals surface area contributed by atoms with E-state index in [1.807, 2.05) is 6.92 Å². The molecule has 90 valence electrons. The van der Waals surface area contributed by atoms with Gasteiger partial charge >= 0.3 is 0 Å². The van der Waals surface area contributed by atoms with Gasteiger partial charge in [-0.25, -0.2) is 0 Å². The zero-order valence-electron chi connectivity index (χ0n) is 9.97. The van der Waals surface area contributed by atoms with Gasteiger partial charge in [0.05, 0.1) is 12.3 Å². The summed E-state index contributed by atoms with van der Waals surface area (Å²) >= 11 is 0. The van der Waals surface area contributed by atoms with Crippen LogP contribution in [-0.2, 0) is 9.59 Å². The molecule has 0 aromatic heterocycles. The van der Waals surface area contributed by atoms with Gasteiger partial charge < -0.3 is 4.74 Å². The molecule has 0 spiro atoms. The van der Waals surface area contributed by atoms with Gasteiger partial charge in [-0.15, -0.1) is 0 Å². The van der Waals surface area contributed by atoms with E-state index in [1.54, 1.807) is 31.2 Å². The van der Waals surface area contributed by atoms with Crippen molar-refractivity contribution in [2.75, 3.05) is 11.5 Å². The molecule has 4 heteroatoms. The second-order valence-corrected chi connectivity index (χ2v) is 4.10. The highest BCUT2D eigenvalue weighted by molar-refractivity contribution is 6.20. The number of hydrogen-bond acceptors (Lipinski definition) is 3. The van der Waals surface area contributed by atoms with Crippen LogP contribution in [0.4, 0.5) is 5.69 Å². The van der Waals surface area contributed by atoms with Gasteiger partial charge in [-0.2, -0.15) is 0 Å². The van der Waals surface area contributed by atoms with E-state index in [0.29, 0.717) is 18.7 Å². The Hall–Kier alpha value is -1.84. The standard InChI is InChI=1S/C13H15NO3/c1-3-17-11-6-4-10(5-7-11)14-12(15)8-9(2)13(14)16/h4-7,9H,3,8H2,1-2H3. The lowest BCUT2D eigenvalue weighted by Crippen LogP contribution is -2.29. The molecule has 2 rings (SSSR count). The third-order valence-electron chi connectivity index (χ3n) is 2.78. The van der Waals surface area contributed by atoms with Crippen LogP contribution < -0.4 is 9.64 Å². The average Bonchev–Trinajstić information content (AvgIpc) is 2.55. The molecule has 1 aromatic carbocycles. The Morgan fingerprint density at radius 3 is 2.41 bits per heavy atom. The first-order valence-electron chi connectivity index (χ1n) is 5.73. The van der Waals surface area contributed by atoms with Gasteiger partial charge in [0, 0.05) is 12.3 Å². The van der Waals surface area contributed by atoms with Crippen LogP contribution in [0.3, 0.4) is 0 Å². The molecule has 1 aliphatic heterocycles. The number of imide groups is 1. The van der Waals surface area contributed by atoms with Crippen LogP contribution in [0.15, 0.2) is 24.3 Å². The normalized spacial score (nSPS) is 19.9. The van der Waals surface area contributed by atoms with E-state index >= 15 is 0 Å². The monoisotopic (exact) mass is 233 g/mol. The lowest BCUT2D eigenvalue weighted by atomic mass is 10.1. The second-order valence-electron chi connectivity index (χ2n) is 4.10. The summed E-state index contributed by atoms with van der Waals surface area (Å²) in [4.78, 5) is 24.7. The van der Waals surface area contributed by atoms with Gasteiger partial charge in [-0.3, -0.25) is 14.5 Å². The van der Waals surface area contributed by atoms with E-state index in [4.69, 9.17) is 4.74 Å². The van der Waals surface area contributed by atoms with E-state index in [0.717, 1.165) is 5.75 Å². The van der Waals surface area contributed by atoms with E-state index in [2.05, 4.69) is 0 Å². The summed E-state index contributed by atoms with van der Waals surface area (Å²) in [6, 6.07) is 7.00. The summed E-state index contributed by atoms with van der Waals surface area (Å²) in [5, 5.41) is 0. The third-order valence-corrected chi connectivity index (χ3v) is 2.78. The quantitative estimate of drug-likeness (QED) is 0.750. The molecule has 1 aliphatic rings. The Balaban J connectivity index is 2.22. The number of benzene rings is 1. The number of ether oxygens (including phenoxy) is 1. The van der Waals surface area contributed by atoms with Crippen molar-refractivity contribution in [2.24, 2.45) is 5.92 Å². The maximum absolute atomic E-state index is 11.8. The molecule has 0 bridgehead atoms. The smallest absolute Gasteiger partial charge is 0.237 e. The molecule has 0 aliphatic carbocycles. The number of carbonyl (C=O) groups excluding carboxylic acids is 2. The summed E-state index contributed by atoms with van der Waals surface area (Å²) in [5.41, 5.74) is 0.618. The van der Waals surface area contributed by atoms with E-state index < -0.39 is 0 Å². The van der Waals surface area contributed by atoms with Crippen LogP contribution in [0.25, 0.3) is 0 Å². The molecule has 1 aromatic rings. The van der Waals surface area contributed by atoms with Crippen molar-refractivity contribution in [1.29, 1.82) is 0 Å². The lowest BCUT2D eigenvalue weighted by molar-refractivity contribution is -0.122. The summed E-state index contributed by atoms with van der Waals surface area (Å²) in [6.45, 7) is 4.27. The summed E-state index contributed by atoms with van der Waals surface area (Å²) in [5.74, 6) is 0.267. The largest absolute Gasteiger partial charge is 0.494 e. The number of nitrogens with zero attached hydrogens (tertiary/aromatic N) is 1. The highest BCUT2D eigenvalue weighted by Gasteiger charge is 2.36. The molecule has 17 heavy (non-hydrogen) atoms. The van der Waals surface area contributed by atoms with Crippen molar-refractivity contribution < 1.29 is 14.3 Å². The molecule has 1 atom stereocenters. The van der Waals surface area contributed by atoms with Crippen LogP contribution in [0, 0.1) is 5.92 Å². The molecule has 1 heterocycles. The first-order chi connectivity index (χ1) is 8.13. The van der Waals surface area contributed by atoms with Gasteiger partial charge in [0.15, 0.2) is 0 Å². The maximum Gasteiger partial charge on any atom is 0.237 e. The predicted octanol–water partition coefficient (Wildman–Crippen LogP) is 1.98. The first-order valence-corrected chi connectivity index (χ1v) is 5.73. The Bertz CT molecular complexity index is 438. The number of carbonyl (C=O) groups is 2. The van der Waals surface area contributed by atoms with Crippen molar-refractivity contribution >= 4 is 17.5 Å². The fourth-order valence-corrected chi connectivity index (χ4v) is 1.91. The number of hydrogen-bond donors (Lipinski definition) is 0. The SMILES string of the molecule is CCOc1ccc(N2C(=O)CC(C)C2=O)cc1. The van der Waals surface area contributed by atoms with Crippen LogP contribution in [0.2, 0.25) is 0 Å². The predicted molar refractivity (Wildman–Crippen MR) is 63.9 cm³/mol. The Kier molecular flexibility index (Phi) is 3.13. The summed E-state index contributed by atoms with van der Waals surface area (Å²) in [7, 11) is 0. The van der Waals surface area contributed by atoms with Crippen molar-refractivity contribution in [3.8, 4) is 5.75 Å². The molecular weight excluding hydrogens is 218 g/mol. The number of amides is 2. The van der Waals surface area contributed by atoms with Gasteiger partial charge in [-0.05, 0) is 31.2 Å². The van der Waals surface area contributed by atoms with Gasteiger partial charge in [0.25, 0.3) is 0 Å². The minimum absolute atomic E-state index is 0.126. The zero-order valence-corrected chi connectivity index (χ0v) is 9.97. The number of rotatable bonds is 3. The molecule has 2 amide bonds. The maximum atomic E-state index is 11.8. The highest BCUT2D eigenvalue weighted by atomic mass is 16.5. The molecule has 4 nitrogen and oxygen atoms in total. The van der Waals surface area contributed by atoms with Crippen LogP contribution in [0.1, 0.15) is 20.3 Å². The minimum Gasteiger partial charge on any atom is -0.494 e. The van der Waals surface area contributed by atoms with E-state index in [1.165, 1.54) is 4.90 Å². The van der Waals surface area contributed by atoms with Crippen LogP contribution in [0.5, 0.6) is 5.75 Å². The molecule has 0 N–H and O–H groups in total. The second kappa shape index (κ2) is 4.57. The summed E-state index contributed by atoms with van der Waals surface area (Å²) in [6.07, 6.45) is 0.298. The number of anilines is 1. The van der Waals surface area contributed by atoms with E-state index in [9.17, 15) is 9.59 Å². The summed E-state index contributed by atoms with van der Waals surface area (Å²) < 4.78 is 5.31. The van der Waals surface area contributed by atoms with Gasteiger partial charge in [0.2, 0.25) is 11.8 Å². The highest BCUT2D eigenvalue weighted by Crippen LogP contribution is 2.27. The van der Waals surface area contributed by atoms with Crippen molar-refractivity contribution in [3.05, 3.63) is 24.3 Å². The van der Waals surface area contributed by atoms with Crippen LogP contribution >= 0.6 is 0 Å². The minimum atomic E-state index is -0.214. The molecular formula is C13H15NO3. The average molecular weight is 233 g/mol. The van der Waals surface area contributed by atoms with E-state index in [-0.39, 0.29) is 17.7 Å². The topological polar surface area (TPSA) is 46.6 Å². The Morgan fingerprint density at radius 2 is 1.94 bits per heavy atom. The van der Waals surface area contributed by atoms with Crippen molar-refractivity contribution in [2.45, 2.75) is 20.3 Å². The first kappa shape index (κ1) is 11.6. The fourth-order valence-electron chi connectivity index (χ4n) is 1.91. The zero-order chi connectivity index (χ0) is 12.4. The fraction of sp³-hybridized carbons (Fsp3) is 0.385. The molecule has 1 unspecified atom stereocenters. The third kappa shape index (κ3) is 2.16. The van der Waals surface area contributed by atoms with Crippen LogP contribution in [-0.4, -0.2) is 18.4 Å². The van der Waals surface area contributed by atoms with Gasteiger partial charge in [0.1, 0.15) is 5.75 Å². The molecule has 0 radical (unpaired) electrons.